The molecule has 3 heteroatoms. The van der Waals surface area contributed by atoms with Crippen LogP contribution in [0.3, 0.4) is 0 Å². The number of nitrogens with zero attached hydrogens (tertiary/aromatic N) is 2. The fourth-order valence-corrected chi connectivity index (χ4v) is 3.02. The molecule has 0 radical (unpaired) electrons. The molecular weight excluding hydrogens is 232 g/mol. The van der Waals surface area contributed by atoms with E-state index in [0.29, 0.717) is 11.1 Å². The van der Waals surface area contributed by atoms with Crippen LogP contribution in [-0.2, 0) is 0 Å². The summed E-state index contributed by atoms with van der Waals surface area (Å²) < 4.78 is 0. The van der Waals surface area contributed by atoms with Crippen LogP contribution in [0.15, 0.2) is 6.07 Å². The van der Waals surface area contributed by atoms with Crippen molar-refractivity contribution in [2.75, 3.05) is 0 Å². The highest BCUT2D eigenvalue weighted by molar-refractivity contribution is 6.29. The van der Waals surface area contributed by atoms with E-state index in [2.05, 4.69) is 23.8 Å². The summed E-state index contributed by atoms with van der Waals surface area (Å²) in [5, 5.41) is 0.582. The Morgan fingerprint density at radius 3 is 2.35 bits per heavy atom. The molecule has 0 atom stereocenters. The molecule has 1 saturated carbocycles. The van der Waals surface area contributed by atoms with E-state index in [0.717, 1.165) is 23.4 Å². The molecule has 1 heterocycles. The number of rotatable bonds is 2. The van der Waals surface area contributed by atoms with E-state index in [4.69, 9.17) is 11.6 Å². The van der Waals surface area contributed by atoms with Crippen molar-refractivity contribution in [3.05, 3.63) is 22.7 Å². The molecule has 0 spiro atoms. The highest BCUT2D eigenvalue weighted by atomic mass is 35.5. The van der Waals surface area contributed by atoms with E-state index in [-0.39, 0.29) is 0 Å². The first kappa shape index (κ1) is 12.8. The summed E-state index contributed by atoms with van der Waals surface area (Å²) in [5.41, 5.74) is 0.978. The number of hydrogen-bond acceptors (Lipinski definition) is 2. The minimum Gasteiger partial charge on any atom is -0.238 e. The average Bonchev–Trinajstić information content (AvgIpc) is 2.28. The first-order valence-electron chi connectivity index (χ1n) is 6.57. The standard InChI is InChI=1S/C14H21ClN2/c1-9(2)11-4-6-12(7-5-11)14-16-10(3)8-13(15)17-14/h8-9,11-12H,4-7H2,1-3H3. The van der Waals surface area contributed by atoms with Crippen LogP contribution in [0.1, 0.15) is 57.0 Å². The molecule has 94 valence electrons. The van der Waals surface area contributed by atoms with Gasteiger partial charge in [0.2, 0.25) is 0 Å². The number of halogens is 1. The van der Waals surface area contributed by atoms with E-state index in [9.17, 15) is 0 Å². The van der Waals surface area contributed by atoms with Crippen LogP contribution >= 0.6 is 11.6 Å². The van der Waals surface area contributed by atoms with Crippen LogP contribution in [0.4, 0.5) is 0 Å². The normalized spacial score (nSPS) is 25.2. The minimum atomic E-state index is 0.516. The van der Waals surface area contributed by atoms with E-state index in [1.807, 2.05) is 13.0 Å². The molecule has 1 aromatic heterocycles. The number of aromatic nitrogens is 2. The van der Waals surface area contributed by atoms with Crippen LogP contribution in [-0.4, -0.2) is 9.97 Å². The van der Waals surface area contributed by atoms with Gasteiger partial charge >= 0.3 is 0 Å². The zero-order valence-corrected chi connectivity index (χ0v) is 11.7. The highest BCUT2D eigenvalue weighted by Crippen LogP contribution is 2.37. The third-order valence-corrected chi connectivity index (χ3v) is 4.11. The summed E-state index contributed by atoms with van der Waals surface area (Å²) in [5.74, 6) is 3.16. The molecule has 1 aliphatic carbocycles. The Kier molecular flexibility index (Phi) is 4.03. The molecule has 0 N–H and O–H groups in total. The molecule has 2 rings (SSSR count). The smallest absolute Gasteiger partial charge is 0.133 e. The summed E-state index contributed by atoms with van der Waals surface area (Å²) in [6, 6.07) is 1.82. The zero-order valence-electron chi connectivity index (χ0n) is 10.9. The lowest BCUT2D eigenvalue weighted by Crippen LogP contribution is -2.19. The highest BCUT2D eigenvalue weighted by Gasteiger charge is 2.26. The van der Waals surface area contributed by atoms with Gasteiger partial charge in [0.05, 0.1) is 0 Å². The van der Waals surface area contributed by atoms with Crippen LogP contribution in [0.2, 0.25) is 5.15 Å². The third kappa shape index (κ3) is 3.19. The second kappa shape index (κ2) is 5.34. The Morgan fingerprint density at radius 2 is 1.82 bits per heavy atom. The molecule has 0 aromatic carbocycles. The Labute approximate surface area is 109 Å². The van der Waals surface area contributed by atoms with Gasteiger partial charge < -0.3 is 0 Å². The molecule has 17 heavy (non-hydrogen) atoms. The molecule has 1 aliphatic rings. The van der Waals surface area contributed by atoms with Crippen LogP contribution in [0, 0.1) is 18.8 Å². The number of aryl methyl sites for hydroxylation is 1. The van der Waals surface area contributed by atoms with Crippen molar-refractivity contribution < 1.29 is 0 Å². The molecular formula is C14H21ClN2. The van der Waals surface area contributed by atoms with E-state index < -0.39 is 0 Å². The van der Waals surface area contributed by atoms with Crippen molar-refractivity contribution in [1.82, 2.24) is 9.97 Å². The average molecular weight is 253 g/mol. The summed E-state index contributed by atoms with van der Waals surface area (Å²) in [4.78, 5) is 8.91. The number of hydrogen-bond donors (Lipinski definition) is 0. The summed E-state index contributed by atoms with van der Waals surface area (Å²) in [7, 11) is 0. The molecule has 0 amide bonds. The Balaban J connectivity index is 2.05. The van der Waals surface area contributed by atoms with Gasteiger partial charge in [-0.05, 0) is 50.5 Å². The SMILES string of the molecule is Cc1cc(Cl)nc(C2CCC(C(C)C)CC2)n1. The zero-order chi connectivity index (χ0) is 12.4. The predicted molar refractivity (Wildman–Crippen MR) is 71.3 cm³/mol. The van der Waals surface area contributed by atoms with Gasteiger partial charge in [-0.2, -0.15) is 0 Å². The fourth-order valence-electron chi connectivity index (χ4n) is 2.78. The lowest BCUT2D eigenvalue weighted by atomic mass is 9.77. The van der Waals surface area contributed by atoms with Crippen LogP contribution < -0.4 is 0 Å². The largest absolute Gasteiger partial charge is 0.238 e. The summed E-state index contributed by atoms with van der Waals surface area (Å²) >= 11 is 6.00. The van der Waals surface area contributed by atoms with Crippen molar-refractivity contribution in [2.45, 2.75) is 52.4 Å². The molecule has 2 nitrogen and oxygen atoms in total. The van der Waals surface area contributed by atoms with Crippen molar-refractivity contribution in [3.8, 4) is 0 Å². The second-order valence-corrected chi connectivity index (χ2v) is 5.93. The Hall–Kier alpha value is -0.630. The maximum absolute atomic E-state index is 6.00. The molecule has 0 unspecified atom stereocenters. The monoisotopic (exact) mass is 252 g/mol. The van der Waals surface area contributed by atoms with Gasteiger partial charge in [0, 0.05) is 11.6 Å². The lowest BCUT2D eigenvalue weighted by molar-refractivity contribution is 0.254. The quantitative estimate of drug-likeness (QED) is 0.731. The molecule has 1 aromatic rings. The maximum atomic E-state index is 6.00. The first-order chi connectivity index (χ1) is 8.06. The van der Waals surface area contributed by atoms with Gasteiger partial charge in [-0.1, -0.05) is 25.4 Å². The third-order valence-electron chi connectivity index (χ3n) is 3.92. The van der Waals surface area contributed by atoms with Crippen molar-refractivity contribution in [3.63, 3.8) is 0 Å². The second-order valence-electron chi connectivity index (χ2n) is 5.55. The lowest BCUT2D eigenvalue weighted by Gasteiger charge is -2.30. The first-order valence-corrected chi connectivity index (χ1v) is 6.95. The van der Waals surface area contributed by atoms with Crippen molar-refractivity contribution >= 4 is 11.6 Å². The summed E-state index contributed by atoms with van der Waals surface area (Å²) in [6.07, 6.45) is 5.03. The van der Waals surface area contributed by atoms with E-state index >= 15 is 0 Å². The van der Waals surface area contributed by atoms with Gasteiger partial charge in [-0.3, -0.25) is 0 Å². The van der Waals surface area contributed by atoms with Gasteiger partial charge in [0.15, 0.2) is 0 Å². The van der Waals surface area contributed by atoms with E-state index in [1.165, 1.54) is 25.7 Å². The molecule has 0 bridgehead atoms. The fraction of sp³-hybridized carbons (Fsp3) is 0.714. The summed E-state index contributed by atoms with van der Waals surface area (Å²) in [6.45, 7) is 6.63. The Bertz CT molecular complexity index is 362. The van der Waals surface area contributed by atoms with Gasteiger partial charge in [0.25, 0.3) is 0 Å². The van der Waals surface area contributed by atoms with Crippen LogP contribution in [0.25, 0.3) is 0 Å². The van der Waals surface area contributed by atoms with Crippen molar-refractivity contribution in [2.24, 2.45) is 11.8 Å². The minimum absolute atomic E-state index is 0.516. The van der Waals surface area contributed by atoms with Crippen LogP contribution in [0.5, 0.6) is 0 Å². The Morgan fingerprint density at radius 1 is 1.18 bits per heavy atom. The van der Waals surface area contributed by atoms with Gasteiger partial charge in [0.1, 0.15) is 11.0 Å². The van der Waals surface area contributed by atoms with Gasteiger partial charge in [-0.25, -0.2) is 9.97 Å². The van der Waals surface area contributed by atoms with Crippen molar-refractivity contribution in [1.29, 1.82) is 0 Å². The topological polar surface area (TPSA) is 25.8 Å². The molecule has 1 fully saturated rings. The maximum Gasteiger partial charge on any atom is 0.133 e. The predicted octanol–water partition coefficient (Wildman–Crippen LogP) is 4.37. The van der Waals surface area contributed by atoms with E-state index in [1.54, 1.807) is 0 Å². The molecule has 0 saturated heterocycles. The van der Waals surface area contributed by atoms with Gasteiger partial charge in [-0.15, -0.1) is 0 Å². The molecule has 0 aliphatic heterocycles.